The largest absolute Gasteiger partial charge is 0.300 e. The lowest BCUT2D eigenvalue weighted by atomic mass is 9.97. The lowest BCUT2D eigenvalue weighted by Gasteiger charge is -2.30. The number of nitrogens with zero attached hydrogens (tertiary/aromatic N) is 3. The van der Waals surface area contributed by atoms with Crippen LogP contribution < -0.4 is 5.32 Å². The predicted octanol–water partition coefficient (Wildman–Crippen LogP) is 4.51. The lowest BCUT2D eigenvalue weighted by Crippen LogP contribution is -2.41. The zero-order valence-electron chi connectivity index (χ0n) is 18.4. The van der Waals surface area contributed by atoms with E-state index in [-0.39, 0.29) is 29.8 Å². The van der Waals surface area contributed by atoms with E-state index in [1.807, 2.05) is 12.1 Å². The normalized spacial score (nSPS) is 15.6. The first-order valence-corrected chi connectivity index (χ1v) is 13.0. The number of carbonyl (C=O) groups excluding carboxylic acids is 1. The number of rotatable bonds is 6. The van der Waals surface area contributed by atoms with Crippen LogP contribution in [0.15, 0.2) is 53.4 Å². The zero-order chi connectivity index (χ0) is 23.6. The van der Waals surface area contributed by atoms with E-state index < -0.39 is 15.8 Å². The van der Waals surface area contributed by atoms with E-state index in [9.17, 15) is 17.6 Å². The first-order valence-electron chi connectivity index (χ1n) is 10.7. The third kappa shape index (κ3) is 5.29. The fourth-order valence-electron chi connectivity index (χ4n) is 3.72. The first kappa shape index (κ1) is 23.5. The van der Waals surface area contributed by atoms with Gasteiger partial charge in [-0.3, -0.25) is 4.79 Å². The highest BCUT2D eigenvalue weighted by Crippen LogP contribution is 2.29. The van der Waals surface area contributed by atoms with Crippen LogP contribution in [0.2, 0.25) is 0 Å². The molecule has 0 saturated carbocycles. The second-order valence-corrected chi connectivity index (χ2v) is 11.2. The fourth-order valence-corrected chi connectivity index (χ4v) is 5.94. The molecule has 4 rings (SSSR count). The average molecular weight is 489 g/mol. The maximum atomic E-state index is 13.1. The quantitative estimate of drug-likeness (QED) is 0.551. The molecular weight excluding hydrogens is 463 g/mol. The molecule has 1 aliphatic rings. The van der Waals surface area contributed by atoms with Crippen molar-refractivity contribution in [2.24, 2.45) is 5.92 Å². The van der Waals surface area contributed by atoms with Crippen molar-refractivity contribution in [3.8, 4) is 10.6 Å². The van der Waals surface area contributed by atoms with Crippen LogP contribution in [0.3, 0.4) is 0 Å². The van der Waals surface area contributed by atoms with Gasteiger partial charge in [-0.15, -0.1) is 10.2 Å². The van der Waals surface area contributed by atoms with Gasteiger partial charge in [0.05, 0.1) is 4.90 Å². The molecule has 0 atom stereocenters. The van der Waals surface area contributed by atoms with Gasteiger partial charge in [0.25, 0.3) is 0 Å². The van der Waals surface area contributed by atoms with Crippen molar-refractivity contribution in [2.45, 2.75) is 37.5 Å². The van der Waals surface area contributed by atoms with Crippen LogP contribution in [-0.4, -0.2) is 41.9 Å². The first-order chi connectivity index (χ1) is 15.7. The maximum absolute atomic E-state index is 13.1. The molecule has 7 nitrogen and oxygen atoms in total. The van der Waals surface area contributed by atoms with E-state index in [0.717, 1.165) is 22.7 Å². The van der Waals surface area contributed by atoms with E-state index >= 15 is 0 Å². The molecule has 3 aromatic rings. The van der Waals surface area contributed by atoms with Gasteiger partial charge in [-0.05, 0) is 48.6 Å². The summed E-state index contributed by atoms with van der Waals surface area (Å²) in [7, 11) is -3.71. The lowest BCUT2D eigenvalue weighted by molar-refractivity contribution is -0.120. The van der Waals surface area contributed by atoms with Crippen molar-refractivity contribution in [3.63, 3.8) is 0 Å². The Labute approximate surface area is 196 Å². The summed E-state index contributed by atoms with van der Waals surface area (Å²) in [5.41, 5.74) is 2.18. The Kier molecular flexibility index (Phi) is 6.87. The van der Waals surface area contributed by atoms with Gasteiger partial charge in [-0.25, -0.2) is 12.8 Å². The van der Waals surface area contributed by atoms with Crippen LogP contribution in [-0.2, 0) is 14.8 Å². The third-order valence-corrected chi connectivity index (χ3v) is 8.56. The van der Waals surface area contributed by atoms with Crippen molar-refractivity contribution in [1.29, 1.82) is 0 Å². The summed E-state index contributed by atoms with van der Waals surface area (Å²) in [6, 6.07) is 12.9. The molecule has 0 unspecified atom stereocenters. The summed E-state index contributed by atoms with van der Waals surface area (Å²) in [6.07, 6.45) is 0.795. The van der Waals surface area contributed by atoms with Crippen molar-refractivity contribution in [1.82, 2.24) is 14.5 Å². The molecule has 1 saturated heterocycles. The Morgan fingerprint density at radius 1 is 1.06 bits per heavy atom. The van der Waals surface area contributed by atoms with Gasteiger partial charge in [0, 0.05) is 24.6 Å². The van der Waals surface area contributed by atoms with Gasteiger partial charge < -0.3 is 5.32 Å². The van der Waals surface area contributed by atoms with Crippen molar-refractivity contribution >= 4 is 32.4 Å². The number of amides is 1. The second kappa shape index (κ2) is 9.66. The number of aromatic nitrogens is 2. The van der Waals surface area contributed by atoms with Gasteiger partial charge in [0.15, 0.2) is 0 Å². The van der Waals surface area contributed by atoms with Crippen molar-refractivity contribution < 1.29 is 17.6 Å². The molecule has 0 spiro atoms. The minimum absolute atomic E-state index is 0.0506. The fraction of sp³-hybridized carbons (Fsp3) is 0.348. The maximum Gasteiger partial charge on any atom is 0.243 e. The topological polar surface area (TPSA) is 92.3 Å². The minimum atomic E-state index is -3.71. The Balaban J connectivity index is 1.34. The van der Waals surface area contributed by atoms with Gasteiger partial charge in [0.2, 0.25) is 21.1 Å². The Morgan fingerprint density at radius 2 is 1.70 bits per heavy atom. The minimum Gasteiger partial charge on any atom is -0.300 e. The summed E-state index contributed by atoms with van der Waals surface area (Å²) >= 11 is 1.30. The number of benzene rings is 2. The highest BCUT2D eigenvalue weighted by Gasteiger charge is 2.32. The third-order valence-electron chi connectivity index (χ3n) is 5.76. The van der Waals surface area contributed by atoms with Gasteiger partial charge in [-0.2, -0.15) is 4.31 Å². The Hall–Kier alpha value is -2.69. The number of nitrogens with one attached hydrogen (secondary N) is 1. The Morgan fingerprint density at radius 3 is 2.30 bits per heavy atom. The summed E-state index contributed by atoms with van der Waals surface area (Å²) in [5, 5.41) is 12.2. The number of sulfonamides is 1. The Bertz CT molecular complexity index is 1220. The van der Waals surface area contributed by atoms with Gasteiger partial charge in [0.1, 0.15) is 10.8 Å². The summed E-state index contributed by atoms with van der Waals surface area (Å²) in [6.45, 7) is 4.72. The molecule has 0 aliphatic carbocycles. The van der Waals surface area contributed by atoms with Crippen LogP contribution in [0.25, 0.3) is 10.6 Å². The zero-order valence-corrected chi connectivity index (χ0v) is 20.0. The molecule has 0 radical (unpaired) electrons. The molecule has 33 heavy (non-hydrogen) atoms. The van der Waals surface area contributed by atoms with Crippen LogP contribution in [0.4, 0.5) is 9.52 Å². The highest BCUT2D eigenvalue weighted by molar-refractivity contribution is 7.89. The van der Waals surface area contributed by atoms with Gasteiger partial charge in [-0.1, -0.05) is 49.4 Å². The number of halogens is 1. The molecule has 174 valence electrons. The van der Waals surface area contributed by atoms with Crippen LogP contribution in [0.5, 0.6) is 0 Å². The number of carbonyl (C=O) groups is 1. The van der Waals surface area contributed by atoms with E-state index in [1.165, 1.54) is 33.3 Å². The SMILES string of the molecule is CC(C)c1ccc(-c2nnc(NC(=O)C3CCN(S(=O)(=O)c4ccc(F)cc4)CC3)s2)cc1. The molecule has 2 aromatic carbocycles. The highest BCUT2D eigenvalue weighted by atomic mass is 32.2. The van der Waals surface area contributed by atoms with E-state index in [2.05, 4.69) is 41.5 Å². The van der Waals surface area contributed by atoms with E-state index in [4.69, 9.17) is 0 Å². The molecule has 1 aliphatic heterocycles. The van der Waals surface area contributed by atoms with E-state index in [1.54, 1.807) is 0 Å². The van der Waals surface area contributed by atoms with E-state index in [0.29, 0.717) is 23.9 Å². The predicted molar refractivity (Wildman–Crippen MR) is 126 cm³/mol. The summed E-state index contributed by atoms with van der Waals surface area (Å²) < 4.78 is 40.0. The molecule has 0 bridgehead atoms. The number of piperidine rings is 1. The smallest absolute Gasteiger partial charge is 0.243 e. The monoisotopic (exact) mass is 488 g/mol. The standard InChI is InChI=1S/C23H25FN4O3S2/c1-15(2)16-3-5-18(6-4-16)22-26-27-23(32-22)25-21(29)17-11-13-28(14-12-17)33(30,31)20-9-7-19(24)8-10-20/h3-10,15,17H,11-14H2,1-2H3,(H,25,27,29). The van der Waals surface area contributed by atoms with Gasteiger partial charge >= 0.3 is 0 Å². The second-order valence-electron chi connectivity index (χ2n) is 8.31. The van der Waals surface area contributed by atoms with Crippen molar-refractivity contribution in [3.05, 3.63) is 59.9 Å². The molecule has 1 N–H and O–H groups in total. The molecule has 1 fully saturated rings. The molecule has 10 heteroatoms. The number of hydrogen-bond acceptors (Lipinski definition) is 6. The number of hydrogen-bond donors (Lipinski definition) is 1. The summed E-state index contributed by atoms with van der Waals surface area (Å²) in [4.78, 5) is 12.8. The molecule has 2 heterocycles. The van der Waals surface area contributed by atoms with Crippen LogP contribution in [0.1, 0.15) is 38.2 Å². The number of anilines is 1. The van der Waals surface area contributed by atoms with Crippen molar-refractivity contribution in [2.75, 3.05) is 18.4 Å². The van der Waals surface area contributed by atoms with Crippen LogP contribution in [0, 0.1) is 11.7 Å². The molecule has 1 aromatic heterocycles. The molecular formula is C23H25FN4O3S2. The average Bonchev–Trinajstić information content (AvgIpc) is 3.28. The van der Waals surface area contributed by atoms with Crippen LogP contribution >= 0.6 is 11.3 Å². The summed E-state index contributed by atoms with van der Waals surface area (Å²) in [5.74, 6) is -0.550. The molecule has 1 amide bonds.